The smallest absolute Gasteiger partial charge is 0.223 e. The Bertz CT molecular complexity index is 719. The van der Waals surface area contributed by atoms with E-state index in [2.05, 4.69) is 15.6 Å². The Balaban J connectivity index is 1.53. The van der Waals surface area contributed by atoms with E-state index in [1.165, 1.54) is 12.8 Å². The summed E-state index contributed by atoms with van der Waals surface area (Å²) in [7, 11) is 3.52. The number of aliphatic imine (C=N–C) groups is 1. The number of fused-ring (bicyclic) bond motifs is 1. The van der Waals surface area contributed by atoms with Gasteiger partial charge >= 0.3 is 0 Å². The average molecular weight is 419 g/mol. The molecule has 1 aromatic rings. The number of ether oxygens (including phenoxy) is 3. The number of hydrogen-bond acceptors (Lipinski definition) is 5. The van der Waals surface area contributed by atoms with Crippen molar-refractivity contribution in [1.82, 2.24) is 10.2 Å². The summed E-state index contributed by atoms with van der Waals surface area (Å²) in [4.78, 5) is 18.1. The number of benzene rings is 1. The lowest BCUT2D eigenvalue weighted by molar-refractivity contribution is -0.128. The van der Waals surface area contributed by atoms with Crippen molar-refractivity contribution in [1.29, 1.82) is 0 Å². The Morgan fingerprint density at radius 1 is 1.23 bits per heavy atom. The van der Waals surface area contributed by atoms with Gasteiger partial charge in [0.05, 0.1) is 13.2 Å². The molecule has 0 unspecified atom stereocenters. The molecule has 1 aromatic carbocycles. The second kappa shape index (κ2) is 11.6. The molecule has 166 valence electrons. The number of nitrogens with one attached hydrogen (secondary N) is 2. The third-order valence-electron chi connectivity index (χ3n) is 4.91. The van der Waals surface area contributed by atoms with E-state index in [1.54, 1.807) is 19.0 Å². The van der Waals surface area contributed by atoms with E-state index < -0.39 is 0 Å². The predicted molar refractivity (Wildman–Crippen MR) is 117 cm³/mol. The van der Waals surface area contributed by atoms with Gasteiger partial charge in [-0.2, -0.15) is 0 Å². The largest absolute Gasteiger partial charge is 0.490 e. The molecule has 30 heavy (non-hydrogen) atoms. The molecular formula is C22H34N4O4. The zero-order valence-corrected chi connectivity index (χ0v) is 18.1. The standard InChI is InChI=1S/C22H34N4O4/c1-26(2)21(27)9-11-24-22(23-10-3-12-28-16-17-5-6-17)25-18-7-8-19-20(15-18)30-14-4-13-29-19/h7-8,15,17H,3-6,9-14,16H2,1-2H3,(H2,23,24,25). The van der Waals surface area contributed by atoms with Crippen LogP contribution in [0.3, 0.4) is 0 Å². The molecule has 0 bridgehead atoms. The van der Waals surface area contributed by atoms with Crippen molar-refractivity contribution in [2.24, 2.45) is 10.9 Å². The third kappa shape index (κ3) is 7.74. The normalized spacial score (nSPS) is 16.0. The minimum Gasteiger partial charge on any atom is -0.490 e. The molecular weight excluding hydrogens is 384 g/mol. The molecule has 0 saturated heterocycles. The van der Waals surface area contributed by atoms with Crippen LogP contribution in [0.1, 0.15) is 32.1 Å². The van der Waals surface area contributed by atoms with Crippen LogP contribution < -0.4 is 20.1 Å². The Hall–Kier alpha value is -2.48. The van der Waals surface area contributed by atoms with E-state index in [4.69, 9.17) is 14.2 Å². The lowest BCUT2D eigenvalue weighted by Crippen LogP contribution is -2.34. The first-order chi connectivity index (χ1) is 14.6. The monoisotopic (exact) mass is 418 g/mol. The Kier molecular flexibility index (Phi) is 8.62. The van der Waals surface area contributed by atoms with Gasteiger partial charge in [0.2, 0.25) is 5.91 Å². The van der Waals surface area contributed by atoms with Crippen LogP contribution in [0.4, 0.5) is 5.69 Å². The molecule has 1 amide bonds. The predicted octanol–water partition coefficient (Wildman–Crippen LogP) is 2.50. The van der Waals surface area contributed by atoms with Crippen LogP contribution >= 0.6 is 0 Å². The van der Waals surface area contributed by atoms with E-state index in [9.17, 15) is 4.79 Å². The molecule has 1 aliphatic carbocycles. The molecule has 1 aliphatic heterocycles. The maximum atomic E-state index is 11.8. The van der Waals surface area contributed by atoms with E-state index >= 15 is 0 Å². The molecule has 8 nitrogen and oxygen atoms in total. The topological polar surface area (TPSA) is 84.4 Å². The lowest BCUT2D eigenvalue weighted by atomic mass is 10.2. The number of amides is 1. The summed E-state index contributed by atoms with van der Waals surface area (Å²) in [6.07, 6.45) is 4.74. The first-order valence-electron chi connectivity index (χ1n) is 10.8. The van der Waals surface area contributed by atoms with Crippen LogP contribution in [0.2, 0.25) is 0 Å². The van der Waals surface area contributed by atoms with Gasteiger partial charge < -0.3 is 29.7 Å². The van der Waals surface area contributed by atoms with Crippen LogP contribution in [-0.2, 0) is 9.53 Å². The molecule has 3 rings (SSSR count). The highest BCUT2D eigenvalue weighted by atomic mass is 16.5. The summed E-state index contributed by atoms with van der Waals surface area (Å²) in [5, 5.41) is 6.55. The number of rotatable bonds is 10. The van der Waals surface area contributed by atoms with Crippen molar-refractivity contribution in [3.63, 3.8) is 0 Å². The Morgan fingerprint density at radius 3 is 2.80 bits per heavy atom. The molecule has 2 N–H and O–H groups in total. The molecule has 2 aliphatic rings. The first-order valence-corrected chi connectivity index (χ1v) is 10.8. The summed E-state index contributed by atoms with van der Waals surface area (Å²) in [5.74, 6) is 2.98. The fraction of sp³-hybridized carbons (Fsp3) is 0.636. The summed E-state index contributed by atoms with van der Waals surface area (Å²) in [6.45, 7) is 4.05. The SMILES string of the molecule is CN(C)C(=O)CCNC(=NCCCOCC1CC1)Nc1ccc2c(c1)OCCCO2. The molecule has 8 heteroatoms. The summed E-state index contributed by atoms with van der Waals surface area (Å²) >= 11 is 0. The van der Waals surface area contributed by atoms with E-state index in [0.717, 1.165) is 49.2 Å². The van der Waals surface area contributed by atoms with Gasteiger partial charge in [-0.3, -0.25) is 9.79 Å². The van der Waals surface area contributed by atoms with Crippen molar-refractivity contribution >= 4 is 17.6 Å². The molecule has 1 fully saturated rings. The lowest BCUT2D eigenvalue weighted by Gasteiger charge is -2.15. The quantitative estimate of drug-likeness (QED) is 0.345. The third-order valence-corrected chi connectivity index (χ3v) is 4.91. The van der Waals surface area contributed by atoms with Gasteiger partial charge in [0.25, 0.3) is 0 Å². The molecule has 0 spiro atoms. The fourth-order valence-electron chi connectivity index (χ4n) is 2.92. The van der Waals surface area contributed by atoms with Gasteiger partial charge in [0.1, 0.15) is 0 Å². The molecule has 1 saturated carbocycles. The van der Waals surface area contributed by atoms with Crippen molar-refractivity contribution in [3.8, 4) is 11.5 Å². The van der Waals surface area contributed by atoms with Gasteiger partial charge in [-0.25, -0.2) is 0 Å². The molecule has 0 radical (unpaired) electrons. The van der Waals surface area contributed by atoms with E-state index in [0.29, 0.717) is 38.7 Å². The van der Waals surface area contributed by atoms with Crippen molar-refractivity contribution in [2.75, 3.05) is 58.9 Å². The van der Waals surface area contributed by atoms with Gasteiger partial charge in [0.15, 0.2) is 17.5 Å². The highest BCUT2D eigenvalue weighted by molar-refractivity contribution is 5.94. The molecule has 0 atom stereocenters. The van der Waals surface area contributed by atoms with Gasteiger partial charge in [-0.15, -0.1) is 0 Å². The zero-order chi connectivity index (χ0) is 21.2. The zero-order valence-electron chi connectivity index (χ0n) is 18.1. The highest BCUT2D eigenvalue weighted by Gasteiger charge is 2.20. The minimum absolute atomic E-state index is 0.0749. The maximum absolute atomic E-state index is 11.8. The van der Waals surface area contributed by atoms with Gasteiger partial charge in [-0.05, 0) is 37.3 Å². The Labute approximate surface area is 179 Å². The molecule has 1 heterocycles. The Morgan fingerprint density at radius 2 is 2.03 bits per heavy atom. The van der Waals surface area contributed by atoms with Crippen LogP contribution in [0, 0.1) is 5.92 Å². The molecule has 0 aromatic heterocycles. The highest BCUT2D eigenvalue weighted by Crippen LogP contribution is 2.32. The second-order valence-electron chi connectivity index (χ2n) is 7.90. The number of guanidine groups is 1. The van der Waals surface area contributed by atoms with E-state index in [1.807, 2.05) is 18.2 Å². The average Bonchev–Trinajstić information content (AvgIpc) is 3.57. The van der Waals surface area contributed by atoms with Crippen molar-refractivity contribution in [2.45, 2.75) is 32.1 Å². The minimum atomic E-state index is 0.0749. The summed E-state index contributed by atoms with van der Waals surface area (Å²) < 4.78 is 17.1. The van der Waals surface area contributed by atoms with Crippen molar-refractivity contribution in [3.05, 3.63) is 18.2 Å². The number of nitrogens with zero attached hydrogens (tertiary/aromatic N) is 2. The number of anilines is 1. The number of carbonyl (C=O) groups is 1. The maximum Gasteiger partial charge on any atom is 0.223 e. The number of carbonyl (C=O) groups excluding carboxylic acids is 1. The summed E-state index contributed by atoms with van der Waals surface area (Å²) in [5.41, 5.74) is 0.856. The van der Waals surface area contributed by atoms with Gasteiger partial charge in [-0.1, -0.05) is 0 Å². The van der Waals surface area contributed by atoms with Crippen molar-refractivity contribution < 1.29 is 19.0 Å². The fourth-order valence-corrected chi connectivity index (χ4v) is 2.92. The summed E-state index contributed by atoms with van der Waals surface area (Å²) in [6, 6.07) is 5.76. The van der Waals surface area contributed by atoms with Crippen LogP contribution in [0.25, 0.3) is 0 Å². The second-order valence-corrected chi connectivity index (χ2v) is 7.90. The van der Waals surface area contributed by atoms with Crippen LogP contribution in [0.5, 0.6) is 11.5 Å². The van der Waals surface area contributed by atoms with E-state index in [-0.39, 0.29) is 5.91 Å². The van der Waals surface area contributed by atoms with Crippen LogP contribution in [0.15, 0.2) is 23.2 Å². The number of hydrogen-bond donors (Lipinski definition) is 2. The van der Waals surface area contributed by atoms with Gasteiger partial charge in [0, 0.05) is 65.0 Å². The first kappa shape index (κ1) is 22.2. The van der Waals surface area contributed by atoms with Crippen LogP contribution in [-0.4, -0.2) is 70.4 Å².